The predicted octanol–water partition coefficient (Wildman–Crippen LogP) is 1.20. The molecule has 0 aromatic heterocycles. The molecular weight excluding hydrogens is 266 g/mol. The van der Waals surface area contributed by atoms with Crippen LogP contribution in [0.25, 0.3) is 0 Å². The van der Waals surface area contributed by atoms with Crippen molar-refractivity contribution in [3.05, 3.63) is 29.3 Å². The van der Waals surface area contributed by atoms with Gasteiger partial charge in [-0.2, -0.15) is 0 Å². The van der Waals surface area contributed by atoms with Crippen LogP contribution in [0.15, 0.2) is 18.2 Å². The van der Waals surface area contributed by atoms with Crippen molar-refractivity contribution in [3.8, 4) is 5.75 Å². The van der Waals surface area contributed by atoms with Crippen LogP contribution in [0.5, 0.6) is 5.75 Å². The molecule has 1 amide bonds. The number of benzene rings is 1. The van der Waals surface area contributed by atoms with Gasteiger partial charge in [-0.1, -0.05) is 6.07 Å². The molecule has 0 saturated carbocycles. The third-order valence-corrected chi connectivity index (χ3v) is 3.94. The Balaban J connectivity index is 1.99. The summed E-state index contributed by atoms with van der Waals surface area (Å²) in [6.07, 6.45) is 1.95. The van der Waals surface area contributed by atoms with E-state index in [-0.39, 0.29) is 11.7 Å². The molecule has 1 aliphatic rings. The van der Waals surface area contributed by atoms with Crippen LogP contribution in [0.3, 0.4) is 0 Å². The molecule has 1 heterocycles. The summed E-state index contributed by atoms with van der Waals surface area (Å²) in [5, 5.41) is 9.96. The Morgan fingerprint density at radius 2 is 2.10 bits per heavy atom. The molecule has 5 nitrogen and oxygen atoms in total. The predicted molar refractivity (Wildman–Crippen MR) is 83.5 cm³/mol. The van der Waals surface area contributed by atoms with Crippen LogP contribution in [0.1, 0.15) is 28.8 Å². The minimum atomic E-state index is -0.0758. The van der Waals surface area contributed by atoms with E-state index in [4.69, 9.17) is 5.73 Å². The van der Waals surface area contributed by atoms with Crippen molar-refractivity contribution >= 4 is 5.91 Å². The van der Waals surface area contributed by atoms with Crippen LogP contribution in [0.4, 0.5) is 0 Å². The first-order chi connectivity index (χ1) is 10.1. The van der Waals surface area contributed by atoms with Gasteiger partial charge in [-0.3, -0.25) is 4.79 Å². The monoisotopic (exact) mass is 291 g/mol. The third kappa shape index (κ3) is 4.19. The third-order valence-electron chi connectivity index (χ3n) is 3.94. The number of rotatable bonds is 4. The van der Waals surface area contributed by atoms with Gasteiger partial charge in [-0.05, 0) is 57.1 Å². The summed E-state index contributed by atoms with van der Waals surface area (Å²) in [7, 11) is 0. The van der Waals surface area contributed by atoms with Gasteiger partial charge in [-0.15, -0.1) is 0 Å². The number of aromatic hydroxyl groups is 1. The van der Waals surface area contributed by atoms with E-state index in [9.17, 15) is 9.90 Å². The molecule has 116 valence electrons. The van der Waals surface area contributed by atoms with Crippen molar-refractivity contribution in [2.75, 3.05) is 39.3 Å². The zero-order chi connectivity index (χ0) is 15.2. The van der Waals surface area contributed by atoms with E-state index < -0.39 is 0 Å². The Morgan fingerprint density at radius 1 is 1.29 bits per heavy atom. The van der Waals surface area contributed by atoms with Gasteiger partial charge in [-0.25, -0.2) is 0 Å². The average molecular weight is 291 g/mol. The zero-order valence-corrected chi connectivity index (χ0v) is 12.7. The first kappa shape index (κ1) is 15.8. The molecule has 0 radical (unpaired) electrons. The molecule has 1 saturated heterocycles. The number of amides is 1. The van der Waals surface area contributed by atoms with Crippen molar-refractivity contribution in [2.45, 2.75) is 19.8 Å². The summed E-state index contributed by atoms with van der Waals surface area (Å²) >= 11 is 0. The lowest BCUT2D eigenvalue weighted by atomic mass is 10.1. The van der Waals surface area contributed by atoms with E-state index in [2.05, 4.69) is 4.90 Å². The molecule has 0 unspecified atom stereocenters. The SMILES string of the molecule is Cc1ccc(C(=O)N2CCCN(CCCN)CC2)c(O)c1. The van der Waals surface area contributed by atoms with E-state index in [0.29, 0.717) is 18.7 Å². The molecule has 0 atom stereocenters. The Hall–Kier alpha value is -1.59. The van der Waals surface area contributed by atoms with Crippen LogP contribution in [-0.4, -0.2) is 60.1 Å². The van der Waals surface area contributed by atoms with Gasteiger partial charge in [0.05, 0.1) is 5.56 Å². The van der Waals surface area contributed by atoms with E-state index in [1.807, 2.05) is 17.9 Å². The lowest BCUT2D eigenvalue weighted by molar-refractivity contribution is 0.0758. The fraction of sp³-hybridized carbons (Fsp3) is 0.562. The van der Waals surface area contributed by atoms with Gasteiger partial charge in [0.1, 0.15) is 5.75 Å². The molecule has 0 aliphatic carbocycles. The molecular formula is C16H25N3O2. The number of carbonyl (C=O) groups is 1. The van der Waals surface area contributed by atoms with Crippen molar-refractivity contribution in [2.24, 2.45) is 5.73 Å². The average Bonchev–Trinajstić information content (AvgIpc) is 2.70. The van der Waals surface area contributed by atoms with E-state index in [1.54, 1.807) is 12.1 Å². The highest BCUT2D eigenvalue weighted by Crippen LogP contribution is 2.21. The number of aryl methyl sites for hydroxylation is 1. The van der Waals surface area contributed by atoms with Crippen LogP contribution >= 0.6 is 0 Å². The number of phenols is 1. The largest absolute Gasteiger partial charge is 0.507 e. The summed E-state index contributed by atoms with van der Waals surface area (Å²) in [5.41, 5.74) is 6.90. The quantitative estimate of drug-likeness (QED) is 0.874. The summed E-state index contributed by atoms with van der Waals surface area (Å²) in [5.74, 6) is -0.00240. The highest BCUT2D eigenvalue weighted by molar-refractivity contribution is 5.96. The second kappa shape index (κ2) is 7.43. The fourth-order valence-electron chi connectivity index (χ4n) is 2.71. The van der Waals surface area contributed by atoms with Crippen molar-refractivity contribution in [3.63, 3.8) is 0 Å². The molecule has 5 heteroatoms. The Labute approximate surface area is 126 Å². The van der Waals surface area contributed by atoms with Gasteiger partial charge in [0.2, 0.25) is 0 Å². The number of phenolic OH excluding ortho intramolecular Hbond substituents is 1. The minimum Gasteiger partial charge on any atom is -0.507 e. The normalized spacial score (nSPS) is 16.8. The van der Waals surface area contributed by atoms with Crippen molar-refractivity contribution in [1.82, 2.24) is 9.80 Å². The summed E-state index contributed by atoms with van der Waals surface area (Å²) in [6, 6.07) is 5.21. The number of hydrogen-bond acceptors (Lipinski definition) is 4. The molecule has 2 rings (SSSR count). The Kier molecular flexibility index (Phi) is 5.59. The second-order valence-electron chi connectivity index (χ2n) is 5.65. The highest BCUT2D eigenvalue weighted by atomic mass is 16.3. The number of hydrogen-bond donors (Lipinski definition) is 2. The number of carbonyl (C=O) groups excluding carboxylic acids is 1. The minimum absolute atomic E-state index is 0.0734. The van der Waals surface area contributed by atoms with Gasteiger partial charge in [0.15, 0.2) is 0 Å². The molecule has 1 aromatic carbocycles. The standard InChI is InChI=1S/C16H25N3O2/c1-13-4-5-14(15(20)12-13)16(21)19-9-3-8-18(10-11-19)7-2-6-17/h4-5,12,20H,2-3,6-11,17H2,1H3. The first-order valence-electron chi connectivity index (χ1n) is 7.63. The highest BCUT2D eigenvalue weighted by Gasteiger charge is 2.22. The van der Waals surface area contributed by atoms with Crippen LogP contribution < -0.4 is 5.73 Å². The summed E-state index contributed by atoms with van der Waals surface area (Å²) in [4.78, 5) is 16.7. The first-order valence-corrected chi connectivity index (χ1v) is 7.63. The second-order valence-corrected chi connectivity index (χ2v) is 5.65. The van der Waals surface area contributed by atoms with Crippen LogP contribution in [0.2, 0.25) is 0 Å². The van der Waals surface area contributed by atoms with E-state index >= 15 is 0 Å². The molecule has 1 fully saturated rings. The molecule has 3 N–H and O–H groups in total. The molecule has 0 spiro atoms. The van der Waals surface area contributed by atoms with Gasteiger partial charge < -0.3 is 20.6 Å². The lowest BCUT2D eigenvalue weighted by Gasteiger charge is -2.22. The molecule has 1 aliphatic heterocycles. The number of nitrogens with two attached hydrogens (primary N) is 1. The smallest absolute Gasteiger partial charge is 0.257 e. The van der Waals surface area contributed by atoms with Crippen LogP contribution in [-0.2, 0) is 0 Å². The molecule has 0 bridgehead atoms. The van der Waals surface area contributed by atoms with Gasteiger partial charge in [0, 0.05) is 19.6 Å². The van der Waals surface area contributed by atoms with E-state index in [1.165, 1.54) is 0 Å². The summed E-state index contributed by atoms with van der Waals surface area (Å²) in [6.45, 7) is 6.92. The maximum absolute atomic E-state index is 12.5. The molecule has 21 heavy (non-hydrogen) atoms. The van der Waals surface area contributed by atoms with Crippen molar-refractivity contribution in [1.29, 1.82) is 0 Å². The van der Waals surface area contributed by atoms with Crippen molar-refractivity contribution < 1.29 is 9.90 Å². The fourth-order valence-corrected chi connectivity index (χ4v) is 2.71. The Morgan fingerprint density at radius 3 is 2.81 bits per heavy atom. The number of nitrogens with zero attached hydrogens (tertiary/aromatic N) is 2. The summed E-state index contributed by atoms with van der Waals surface area (Å²) < 4.78 is 0. The lowest BCUT2D eigenvalue weighted by Crippen LogP contribution is -2.35. The molecule has 1 aromatic rings. The maximum atomic E-state index is 12.5. The van der Waals surface area contributed by atoms with Gasteiger partial charge in [0.25, 0.3) is 5.91 Å². The maximum Gasteiger partial charge on any atom is 0.257 e. The topological polar surface area (TPSA) is 69.8 Å². The zero-order valence-electron chi connectivity index (χ0n) is 12.7. The van der Waals surface area contributed by atoms with Crippen LogP contribution in [0, 0.1) is 6.92 Å². The Bertz CT molecular complexity index is 490. The van der Waals surface area contributed by atoms with E-state index in [0.717, 1.165) is 44.6 Å². The van der Waals surface area contributed by atoms with Gasteiger partial charge >= 0.3 is 0 Å².